The average molecular weight is 312 g/mol. The summed E-state index contributed by atoms with van der Waals surface area (Å²) in [7, 11) is 1.91. The Hall–Kier alpha value is -2.60. The van der Waals surface area contributed by atoms with Crippen molar-refractivity contribution in [2.75, 3.05) is 11.9 Å². The number of benzene rings is 2. The monoisotopic (exact) mass is 312 g/mol. The highest BCUT2D eigenvalue weighted by atomic mass is 32.2. The molecule has 5 nitrogen and oxygen atoms in total. The van der Waals surface area contributed by atoms with E-state index in [-0.39, 0.29) is 11.5 Å². The topological polar surface area (TPSA) is 63.5 Å². The first kappa shape index (κ1) is 14.3. The number of nitro groups is 1. The minimum absolute atomic E-state index is 0.0241. The summed E-state index contributed by atoms with van der Waals surface area (Å²) in [6, 6.07) is 13.6. The summed E-state index contributed by atoms with van der Waals surface area (Å²) in [5.74, 6) is -0.169. The molecule has 0 saturated carbocycles. The number of hydrogen-bond acceptors (Lipinski definition) is 5. The van der Waals surface area contributed by atoms with Crippen molar-refractivity contribution in [1.82, 2.24) is 0 Å². The third-order valence-corrected chi connectivity index (χ3v) is 4.55. The quantitative estimate of drug-likeness (QED) is 0.373. The number of non-ortho nitro benzene ring substituents is 1. The van der Waals surface area contributed by atoms with Crippen molar-refractivity contribution in [2.45, 2.75) is 4.90 Å². The summed E-state index contributed by atoms with van der Waals surface area (Å²) in [6.45, 7) is 0. The van der Waals surface area contributed by atoms with Crippen LogP contribution in [0.25, 0.3) is 0 Å². The molecule has 6 heteroatoms. The fourth-order valence-electron chi connectivity index (χ4n) is 2.19. The summed E-state index contributed by atoms with van der Waals surface area (Å²) in [6.07, 6.45) is 1.56. The summed E-state index contributed by atoms with van der Waals surface area (Å²) in [5.41, 5.74) is 1.47. The lowest BCUT2D eigenvalue weighted by molar-refractivity contribution is -0.384. The van der Waals surface area contributed by atoms with Gasteiger partial charge in [-0.3, -0.25) is 14.9 Å². The molecule has 0 saturated heterocycles. The molecule has 0 radical (unpaired) electrons. The minimum Gasteiger partial charge on any atom is -0.338 e. The van der Waals surface area contributed by atoms with E-state index in [0.29, 0.717) is 5.56 Å². The lowest BCUT2D eigenvalue weighted by Crippen LogP contribution is -2.11. The number of ketones is 1. The molecule has 1 aliphatic rings. The Labute approximate surface area is 131 Å². The van der Waals surface area contributed by atoms with E-state index < -0.39 is 4.92 Å². The average Bonchev–Trinajstić information content (AvgIpc) is 2.84. The highest BCUT2D eigenvalue weighted by Crippen LogP contribution is 2.44. The van der Waals surface area contributed by atoms with Crippen molar-refractivity contribution in [3.05, 3.63) is 75.3 Å². The van der Waals surface area contributed by atoms with Gasteiger partial charge in [-0.05, 0) is 24.3 Å². The summed E-state index contributed by atoms with van der Waals surface area (Å²) in [4.78, 5) is 25.5. The highest BCUT2D eigenvalue weighted by Gasteiger charge is 2.22. The maximum absolute atomic E-state index is 12.3. The molecule has 0 aromatic heterocycles. The first-order valence-electron chi connectivity index (χ1n) is 6.57. The van der Waals surface area contributed by atoms with Crippen molar-refractivity contribution in [1.29, 1.82) is 0 Å². The number of para-hydroxylation sites is 1. The maximum atomic E-state index is 12.3. The van der Waals surface area contributed by atoms with Gasteiger partial charge >= 0.3 is 0 Å². The van der Waals surface area contributed by atoms with Crippen molar-refractivity contribution in [2.24, 2.45) is 0 Å². The lowest BCUT2D eigenvalue weighted by atomic mass is 10.1. The maximum Gasteiger partial charge on any atom is 0.269 e. The zero-order valence-electron chi connectivity index (χ0n) is 11.7. The second-order valence-electron chi connectivity index (χ2n) is 4.78. The van der Waals surface area contributed by atoms with Crippen molar-refractivity contribution < 1.29 is 9.72 Å². The van der Waals surface area contributed by atoms with Crippen LogP contribution in [0.4, 0.5) is 11.4 Å². The molecule has 0 unspecified atom stereocenters. The largest absolute Gasteiger partial charge is 0.338 e. The van der Waals surface area contributed by atoms with Crippen LogP contribution in [0.2, 0.25) is 0 Å². The molecule has 2 aromatic carbocycles. The van der Waals surface area contributed by atoms with Gasteiger partial charge in [-0.25, -0.2) is 0 Å². The number of fused-ring (bicyclic) bond motifs is 1. The van der Waals surface area contributed by atoms with Gasteiger partial charge < -0.3 is 4.90 Å². The number of rotatable bonds is 3. The standard InChI is InChI=1S/C16H12N2O3S/c1-17-13-4-2-3-5-15(13)22-16(17)10-14(19)11-6-8-12(9-7-11)18(20)21/h2-10H,1H3/b16-10-. The van der Waals surface area contributed by atoms with Gasteiger partial charge in [0.25, 0.3) is 5.69 Å². The molecule has 0 N–H and O–H groups in total. The predicted molar refractivity (Wildman–Crippen MR) is 86.2 cm³/mol. The molecule has 1 heterocycles. The third kappa shape index (κ3) is 2.60. The van der Waals surface area contributed by atoms with Crippen molar-refractivity contribution in [3.8, 4) is 0 Å². The third-order valence-electron chi connectivity index (χ3n) is 3.39. The number of thioether (sulfide) groups is 1. The predicted octanol–water partition coefficient (Wildman–Crippen LogP) is 3.86. The molecule has 0 atom stereocenters. The second-order valence-corrected chi connectivity index (χ2v) is 5.84. The number of allylic oxidation sites excluding steroid dienone is 1. The van der Waals surface area contributed by atoms with Gasteiger partial charge in [0.2, 0.25) is 0 Å². The number of anilines is 1. The van der Waals surface area contributed by atoms with Gasteiger partial charge in [0.15, 0.2) is 5.78 Å². The molecule has 0 spiro atoms. The molecule has 0 amide bonds. The molecule has 1 aliphatic heterocycles. The van der Waals surface area contributed by atoms with E-state index in [9.17, 15) is 14.9 Å². The van der Waals surface area contributed by atoms with Crippen LogP contribution < -0.4 is 4.90 Å². The Morgan fingerprint density at radius 2 is 1.86 bits per heavy atom. The first-order valence-corrected chi connectivity index (χ1v) is 7.39. The SMILES string of the molecule is CN1/C(=C/C(=O)c2ccc([N+](=O)[O-])cc2)Sc2ccccc21. The van der Waals surface area contributed by atoms with E-state index in [4.69, 9.17) is 0 Å². The van der Waals surface area contributed by atoms with Gasteiger partial charge in [0.05, 0.1) is 15.6 Å². The number of nitro benzene ring substituents is 1. The van der Waals surface area contributed by atoms with Crippen LogP contribution in [0.15, 0.2) is 64.5 Å². The fourth-order valence-corrected chi connectivity index (χ4v) is 3.27. The normalized spacial score (nSPS) is 15.0. The number of carbonyl (C=O) groups is 1. The Kier molecular flexibility index (Phi) is 3.68. The molecular weight excluding hydrogens is 300 g/mol. The van der Waals surface area contributed by atoms with Crippen LogP contribution in [0.5, 0.6) is 0 Å². The second kappa shape index (κ2) is 5.65. The smallest absolute Gasteiger partial charge is 0.269 e. The summed E-state index contributed by atoms with van der Waals surface area (Å²) < 4.78 is 0. The number of hydrogen-bond donors (Lipinski definition) is 0. The van der Waals surface area contributed by atoms with Crippen LogP contribution in [0, 0.1) is 10.1 Å². The highest BCUT2D eigenvalue weighted by molar-refractivity contribution is 8.03. The van der Waals surface area contributed by atoms with Gasteiger partial charge in [0, 0.05) is 35.7 Å². The first-order chi connectivity index (χ1) is 10.6. The van der Waals surface area contributed by atoms with E-state index in [1.807, 2.05) is 36.2 Å². The van der Waals surface area contributed by atoms with Crippen molar-refractivity contribution in [3.63, 3.8) is 0 Å². The van der Waals surface area contributed by atoms with Crippen LogP contribution in [-0.2, 0) is 0 Å². The summed E-state index contributed by atoms with van der Waals surface area (Å²) >= 11 is 1.53. The van der Waals surface area contributed by atoms with E-state index in [0.717, 1.165) is 15.6 Å². The van der Waals surface area contributed by atoms with Gasteiger partial charge in [0.1, 0.15) is 0 Å². The molecule has 2 aromatic rings. The molecule has 0 aliphatic carbocycles. The Balaban J connectivity index is 1.84. The Morgan fingerprint density at radius 1 is 1.18 bits per heavy atom. The van der Waals surface area contributed by atoms with Gasteiger partial charge in [-0.2, -0.15) is 0 Å². The van der Waals surface area contributed by atoms with E-state index >= 15 is 0 Å². The van der Waals surface area contributed by atoms with Crippen LogP contribution in [-0.4, -0.2) is 17.8 Å². The molecule has 22 heavy (non-hydrogen) atoms. The van der Waals surface area contributed by atoms with Crippen LogP contribution in [0.1, 0.15) is 10.4 Å². The molecule has 3 rings (SSSR count). The minimum atomic E-state index is -0.482. The number of nitrogens with zero attached hydrogens (tertiary/aromatic N) is 2. The van der Waals surface area contributed by atoms with E-state index in [1.54, 1.807) is 6.08 Å². The molecule has 0 bridgehead atoms. The fraction of sp³-hybridized carbons (Fsp3) is 0.0625. The van der Waals surface area contributed by atoms with Crippen LogP contribution >= 0.6 is 11.8 Å². The molecule has 0 fully saturated rings. The zero-order valence-corrected chi connectivity index (χ0v) is 12.5. The lowest BCUT2D eigenvalue weighted by Gasteiger charge is -2.12. The van der Waals surface area contributed by atoms with Crippen molar-refractivity contribution >= 4 is 28.9 Å². The van der Waals surface area contributed by atoms with E-state index in [1.165, 1.54) is 36.0 Å². The molecule has 110 valence electrons. The Morgan fingerprint density at radius 3 is 2.50 bits per heavy atom. The van der Waals surface area contributed by atoms with E-state index in [2.05, 4.69) is 0 Å². The summed E-state index contributed by atoms with van der Waals surface area (Å²) in [5, 5.41) is 11.5. The molecular formula is C16H12N2O3S. The van der Waals surface area contributed by atoms with Gasteiger partial charge in [-0.15, -0.1) is 0 Å². The Bertz CT molecular complexity index is 784. The zero-order chi connectivity index (χ0) is 15.7. The van der Waals surface area contributed by atoms with Crippen LogP contribution in [0.3, 0.4) is 0 Å². The van der Waals surface area contributed by atoms with Gasteiger partial charge in [-0.1, -0.05) is 23.9 Å². The number of carbonyl (C=O) groups excluding carboxylic acids is 1.